The molecule has 0 radical (unpaired) electrons. The van der Waals surface area contributed by atoms with Gasteiger partial charge in [-0.05, 0) is 44.9 Å². The minimum absolute atomic E-state index is 0.0734. The molecule has 3 aliphatic rings. The summed E-state index contributed by atoms with van der Waals surface area (Å²) in [5, 5.41) is 0. The van der Waals surface area contributed by atoms with Crippen LogP contribution in [-0.4, -0.2) is 53.7 Å². The van der Waals surface area contributed by atoms with Crippen LogP contribution in [0.15, 0.2) is 0 Å². The van der Waals surface area contributed by atoms with Crippen LogP contribution in [0.1, 0.15) is 52.4 Å². The average molecular weight is 280 g/mol. The lowest BCUT2D eigenvalue weighted by atomic mass is 9.79. The van der Waals surface area contributed by atoms with Crippen molar-refractivity contribution < 1.29 is 9.53 Å². The first-order valence-electron chi connectivity index (χ1n) is 8.42. The topological polar surface area (TPSA) is 32.8 Å². The zero-order chi connectivity index (χ0) is 14.1. The van der Waals surface area contributed by atoms with Crippen LogP contribution in [0.5, 0.6) is 0 Å². The van der Waals surface area contributed by atoms with E-state index in [1.807, 2.05) is 6.92 Å². The third kappa shape index (κ3) is 2.54. The van der Waals surface area contributed by atoms with Crippen molar-refractivity contribution in [2.24, 2.45) is 5.92 Å². The molecular formula is C16H28N2O2. The molecule has 2 atom stereocenters. The Morgan fingerprint density at radius 3 is 2.30 bits per heavy atom. The van der Waals surface area contributed by atoms with E-state index in [0.29, 0.717) is 24.7 Å². The highest BCUT2D eigenvalue weighted by molar-refractivity contribution is 5.68. The second-order valence-corrected chi connectivity index (χ2v) is 6.70. The molecule has 4 nitrogen and oxygen atoms in total. The summed E-state index contributed by atoms with van der Waals surface area (Å²) in [6, 6.07) is 1.55. The maximum Gasteiger partial charge on any atom is 0.410 e. The number of hydrogen-bond donors (Lipinski definition) is 0. The second-order valence-electron chi connectivity index (χ2n) is 6.70. The highest BCUT2D eigenvalue weighted by Crippen LogP contribution is 2.38. The van der Waals surface area contributed by atoms with Crippen molar-refractivity contribution in [1.82, 2.24) is 9.80 Å². The Kier molecular flexibility index (Phi) is 4.20. The van der Waals surface area contributed by atoms with E-state index in [2.05, 4.69) is 16.7 Å². The summed E-state index contributed by atoms with van der Waals surface area (Å²) in [5.41, 5.74) is 0. The minimum atomic E-state index is -0.0734. The van der Waals surface area contributed by atoms with E-state index in [-0.39, 0.29) is 6.09 Å². The Morgan fingerprint density at radius 1 is 1.10 bits per heavy atom. The number of amides is 1. The van der Waals surface area contributed by atoms with Crippen molar-refractivity contribution >= 4 is 6.09 Å². The van der Waals surface area contributed by atoms with Crippen LogP contribution in [-0.2, 0) is 4.74 Å². The van der Waals surface area contributed by atoms with E-state index in [0.717, 1.165) is 31.6 Å². The predicted molar refractivity (Wildman–Crippen MR) is 78.7 cm³/mol. The lowest BCUT2D eigenvalue weighted by molar-refractivity contribution is -0.0390. The molecule has 0 aliphatic carbocycles. The molecule has 0 aromatic heterocycles. The van der Waals surface area contributed by atoms with E-state index in [1.165, 1.54) is 25.9 Å². The average Bonchev–Trinajstić information content (AvgIpc) is 2.36. The van der Waals surface area contributed by atoms with E-state index >= 15 is 0 Å². The summed E-state index contributed by atoms with van der Waals surface area (Å²) in [6.07, 6.45) is 7.15. The molecule has 2 unspecified atom stereocenters. The zero-order valence-electron chi connectivity index (χ0n) is 12.9. The molecule has 3 rings (SSSR count). The van der Waals surface area contributed by atoms with Crippen LogP contribution in [0, 0.1) is 5.92 Å². The summed E-state index contributed by atoms with van der Waals surface area (Å²) >= 11 is 0. The Hall–Kier alpha value is -0.770. The fraction of sp³-hybridized carbons (Fsp3) is 0.938. The number of likely N-dealkylation sites (tertiary alicyclic amines) is 1. The minimum Gasteiger partial charge on any atom is -0.450 e. The van der Waals surface area contributed by atoms with Crippen LogP contribution in [0.3, 0.4) is 0 Å². The summed E-state index contributed by atoms with van der Waals surface area (Å²) in [4.78, 5) is 16.9. The third-order valence-corrected chi connectivity index (χ3v) is 5.51. The summed E-state index contributed by atoms with van der Waals surface area (Å²) < 4.78 is 5.26. The molecule has 3 fully saturated rings. The molecule has 3 aliphatic heterocycles. The van der Waals surface area contributed by atoms with Gasteiger partial charge in [0.25, 0.3) is 0 Å². The number of hydrogen-bond acceptors (Lipinski definition) is 3. The highest BCUT2D eigenvalue weighted by Gasteiger charge is 2.44. The monoisotopic (exact) mass is 280 g/mol. The van der Waals surface area contributed by atoms with Gasteiger partial charge in [0.15, 0.2) is 0 Å². The standard InChI is InChI=1S/C16H28N2O2/c1-3-12-10-17(11-12)15-8-13-6-5-7-14(9-15)18(13)16(19)20-4-2/h12-15H,3-11H2,1-2H3. The third-order valence-electron chi connectivity index (χ3n) is 5.51. The second kappa shape index (κ2) is 5.92. The smallest absolute Gasteiger partial charge is 0.410 e. The van der Waals surface area contributed by atoms with Gasteiger partial charge in [0.2, 0.25) is 0 Å². The largest absolute Gasteiger partial charge is 0.450 e. The van der Waals surface area contributed by atoms with Gasteiger partial charge in [0.1, 0.15) is 0 Å². The molecule has 0 N–H and O–H groups in total. The first-order valence-corrected chi connectivity index (χ1v) is 8.42. The quantitative estimate of drug-likeness (QED) is 0.797. The number of ether oxygens (including phenoxy) is 1. The lowest BCUT2D eigenvalue weighted by Crippen LogP contribution is -2.62. The van der Waals surface area contributed by atoms with Crippen LogP contribution >= 0.6 is 0 Å². The molecular weight excluding hydrogens is 252 g/mol. The number of nitrogens with zero attached hydrogens (tertiary/aromatic N) is 2. The highest BCUT2D eigenvalue weighted by atomic mass is 16.6. The van der Waals surface area contributed by atoms with Crippen molar-refractivity contribution in [3.05, 3.63) is 0 Å². The Morgan fingerprint density at radius 2 is 1.75 bits per heavy atom. The number of piperidine rings is 2. The molecule has 3 saturated heterocycles. The summed E-state index contributed by atoms with van der Waals surface area (Å²) in [7, 11) is 0. The van der Waals surface area contributed by atoms with Gasteiger partial charge >= 0.3 is 6.09 Å². The first kappa shape index (κ1) is 14.2. The van der Waals surface area contributed by atoms with Gasteiger partial charge < -0.3 is 9.64 Å². The van der Waals surface area contributed by atoms with E-state index in [4.69, 9.17) is 4.74 Å². The summed E-state index contributed by atoms with van der Waals surface area (Å²) in [5.74, 6) is 0.915. The van der Waals surface area contributed by atoms with Crippen molar-refractivity contribution in [2.45, 2.75) is 70.5 Å². The van der Waals surface area contributed by atoms with E-state index in [9.17, 15) is 4.79 Å². The van der Waals surface area contributed by atoms with Gasteiger partial charge in [0.05, 0.1) is 6.61 Å². The van der Waals surface area contributed by atoms with Crippen molar-refractivity contribution in [2.75, 3.05) is 19.7 Å². The van der Waals surface area contributed by atoms with Crippen molar-refractivity contribution in [3.8, 4) is 0 Å². The molecule has 2 bridgehead atoms. The van der Waals surface area contributed by atoms with Crippen LogP contribution < -0.4 is 0 Å². The van der Waals surface area contributed by atoms with Gasteiger partial charge in [-0.2, -0.15) is 0 Å². The molecule has 0 aromatic rings. The van der Waals surface area contributed by atoms with Gasteiger partial charge in [-0.1, -0.05) is 13.3 Å². The number of fused-ring (bicyclic) bond motifs is 2. The van der Waals surface area contributed by atoms with Crippen LogP contribution in [0.4, 0.5) is 4.79 Å². The molecule has 0 spiro atoms. The van der Waals surface area contributed by atoms with Crippen molar-refractivity contribution in [3.63, 3.8) is 0 Å². The normalized spacial score (nSPS) is 34.7. The maximum absolute atomic E-state index is 12.2. The van der Waals surface area contributed by atoms with Gasteiger partial charge in [0, 0.05) is 31.2 Å². The van der Waals surface area contributed by atoms with Crippen molar-refractivity contribution in [1.29, 1.82) is 0 Å². The lowest BCUT2D eigenvalue weighted by Gasteiger charge is -2.53. The Labute approximate surface area is 122 Å². The zero-order valence-corrected chi connectivity index (χ0v) is 12.9. The fourth-order valence-corrected chi connectivity index (χ4v) is 4.31. The molecule has 0 saturated carbocycles. The number of rotatable bonds is 3. The van der Waals surface area contributed by atoms with Gasteiger partial charge in [-0.3, -0.25) is 4.90 Å². The van der Waals surface area contributed by atoms with E-state index in [1.54, 1.807) is 0 Å². The molecule has 4 heteroatoms. The van der Waals surface area contributed by atoms with Crippen LogP contribution in [0.25, 0.3) is 0 Å². The number of carbonyl (C=O) groups is 1. The molecule has 0 aromatic carbocycles. The Bertz CT molecular complexity index is 340. The molecule has 1 amide bonds. The fourth-order valence-electron chi connectivity index (χ4n) is 4.31. The predicted octanol–water partition coefficient (Wildman–Crippen LogP) is 2.87. The van der Waals surface area contributed by atoms with Crippen LogP contribution in [0.2, 0.25) is 0 Å². The number of carbonyl (C=O) groups excluding carboxylic acids is 1. The molecule has 114 valence electrons. The van der Waals surface area contributed by atoms with Gasteiger partial charge in [-0.15, -0.1) is 0 Å². The van der Waals surface area contributed by atoms with E-state index < -0.39 is 0 Å². The Balaban J connectivity index is 1.62. The summed E-state index contributed by atoms with van der Waals surface area (Å²) in [6.45, 7) is 7.23. The maximum atomic E-state index is 12.2. The first-order chi connectivity index (χ1) is 9.72. The molecule has 20 heavy (non-hydrogen) atoms. The van der Waals surface area contributed by atoms with Gasteiger partial charge in [-0.25, -0.2) is 4.79 Å². The SMILES string of the molecule is CCOC(=O)N1C2CCCC1CC(N1CC(CC)C1)C2. The molecule has 3 heterocycles.